The smallest absolute Gasteiger partial charge is 0.0560 e. The molecule has 0 radical (unpaired) electrons. The highest BCUT2D eigenvalue weighted by Gasteiger charge is 2.42. The van der Waals surface area contributed by atoms with E-state index in [4.69, 9.17) is 0 Å². The first kappa shape index (κ1) is 15.1. The molecule has 116 valence electrons. The highest BCUT2D eigenvalue weighted by atomic mass is 15.3. The van der Waals surface area contributed by atoms with Crippen molar-refractivity contribution in [2.45, 2.75) is 70.0 Å². The summed E-state index contributed by atoms with van der Waals surface area (Å²) in [6, 6.07) is 12.6. The topological polar surface area (TPSA) is 15.3 Å². The normalized spacial score (nSPS) is 31.6. The lowest BCUT2D eigenvalue weighted by Gasteiger charge is -2.51. The van der Waals surface area contributed by atoms with Crippen LogP contribution in [-0.2, 0) is 5.54 Å². The average molecular weight is 286 g/mol. The van der Waals surface area contributed by atoms with Crippen molar-refractivity contribution in [1.82, 2.24) is 10.2 Å². The minimum atomic E-state index is 0.153. The maximum absolute atomic E-state index is 3.82. The molecule has 3 rings (SSSR count). The monoisotopic (exact) mass is 286 g/mol. The van der Waals surface area contributed by atoms with E-state index in [0.717, 1.165) is 12.6 Å². The molecule has 0 amide bonds. The fourth-order valence-corrected chi connectivity index (χ4v) is 4.32. The molecule has 1 aliphatic heterocycles. The summed E-state index contributed by atoms with van der Waals surface area (Å²) in [4.78, 5) is 2.84. The Morgan fingerprint density at radius 3 is 2.57 bits per heavy atom. The Morgan fingerprint density at radius 2 is 1.90 bits per heavy atom. The zero-order valence-electron chi connectivity index (χ0n) is 13.6. The highest BCUT2D eigenvalue weighted by Crippen LogP contribution is 2.37. The van der Waals surface area contributed by atoms with Crippen LogP contribution < -0.4 is 5.32 Å². The van der Waals surface area contributed by atoms with Gasteiger partial charge in [0, 0.05) is 25.2 Å². The van der Waals surface area contributed by atoms with E-state index in [1.54, 1.807) is 0 Å². The molecule has 2 aliphatic rings. The van der Waals surface area contributed by atoms with Crippen molar-refractivity contribution in [1.29, 1.82) is 0 Å². The van der Waals surface area contributed by atoms with Gasteiger partial charge in [-0.15, -0.1) is 0 Å². The third-order valence-corrected chi connectivity index (χ3v) is 5.58. The quantitative estimate of drug-likeness (QED) is 0.902. The molecule has 1 aromatic carbocycles. The molecule has 21 heavy (non-hydrogen) atoms. The molecule has 0 aromatic heterocycles. The van der Waals surface area contributed by atoms with Crippen LogP contribution in [0.2, 0.25) is 0 Å². The van der Waals surface area contributed by atoms with Gasteiger partial charge < -0.3 is 5.32 Å². The molecule has 1 N–H and O–H groups in total. The van der Waals surface area contributed by atoms with Gasteiger partial charge >= 0.3 is 0 Å². The van der Waals surface area contributed by atoms with Gasteiger partial charge in [-0.3, -0.25) is 4.90 Å². The lowest BCUT2D eigenvalue weighted by atomic mass is 9.84. The molecular formula is C19H30N2. The molecule has 1 saturated heterocycles. The van der Waals surface area contributed by atoms with Gasteiger partial charge in [-0.2, -0.15) is 0 Å². The standard InChI is InChI=1S/C19H30N2/c1-3-9-17-14-21(18-12-7-8-13-18)19(2,15-20-17)16-10-5-4-6-11-16/h4-6,10-11,17-18,20H,3,7-9,12-15H2,1-2H3. The van der Waals surface area contributed by atoms with Crippen LogP contribution in [0.3, 0.4) is 0 Å². The minimum Gasteiger partial charge on any atom is -0.311 e. The predicted octanol–water partition coefficient (Wildman–Crippen LogP) is 3.92. The van der Waals surface area contributed by atoms with Gasteiger partial charge in [-0.1, -0.05) is 56.5 Å². The fourth-order valence-electron chi connectivity index (χ4n) is 4.32. The molecule has 2 fully saturated rings. The fraction of sp³-hybridized carbons (Fsp3) is 0.684. The third-order valence-electron chi connectivity index (χ3n) is 5.58. The second kappa shape index (κ2) is 6.50. The molecule has 1 aromatic rings. The summed E-state index contributed by atoms with van der Waals surface area (Å²) in [6.07, 6.45) is 8.19. The summed E-state index contributed by atoms with van der Waals surface area (Å²) in [5.41, 5.74) is 1.62. The second-order valence-corrected chi connectivity index (χ2v) is 7.10. The van der Waals surface area contributed by atoms with Crippen LogP contribution in [0, 0.1) is 0 Å². The van der Waals surface area contributed by atoms with Crippen LogP contribution in [-0.4, -0.2) is 30.1 Å². The van der Waals surface area contributed by atoms with Crippen LogP contribution in [0.5, 0.6) is 0 Å². The number of benzene rings is 1. The number of nitrogens with zero attached hydrogens (tertiary/aromatic N) is 1. The number of nitrogens with one attached hydrogen (secondary N) is 1. The van der Waals surface area contributed by atoms with Crippen LogP contribution in [0.4, 0.5) is 0 Å². The van der Waals surface area contributed by atoms with Gasteiger partial charge in [0.05, 0.1) is 5.54 Å². The molecule has 1 heterocycles. The molecule has 1 saturated carbocycles. The van der Waals surface area contributed by atoms with Crippen LogP contribution >= 0.6 is 0 Å². The van der Waals surface area contributed by atoms with Gasteiger partial charge in [-0.05, 0) is 31.7 Å². The summed E-state index contributed by atoms with van der Waals surface area (Å²) in [5, 5.41) is 3.82. The number of rotatable bonds is 4. The zero-order valence-corrected chi connectivity index (χ0v) is 13.6. The highest BCUT2D eigenvalue weighted by molar-refractivity contribution is 5.26. The summed E-state index contributed by atoms with van der Waals surface area (Å²) >= 11 is 0. The van der Waals surface area contributed by atoms with Crippen molar-refractivity contribution in [3.05, 3.63) is 35.9 Å². The molecule has 0 bridgehead atoms. The van der Waals surface area contributed by atoms with E-state index in [1.165, 1.54) is 50.6 Å². The van der Waals surface area contributed by atoms with E-state index in [-0.39, 0.29) is 5.54 Å². The first-order valence-corrected chi connectivity index (χ1v) is 8.79. The van der Waals surface area contributed by atoms with E-state index in [9.17, 15) is 0 Å². The second-order valence-electron chi connectivity index (χ2n) is 7.10. The van der Waals surface area contributed by atoms with Gasteiger partial charge in [0.1, 0.15) is 0 Å². The zero-order chi connectivity index (χ0) is 14.7. The third kappa shape index (κ3) is 3.02. The first-order valence-electron chi connectivity index (χ1n) is 8.79. The largest absolute Gasteiger partial charge is 0.311 e. The lowest BCUT2D eigenvalue weighted by molar-refractivity contribution is 0.0101. The molecule has 2 heteroatoms. The van der Waals surface area contributed by atoms with E-state index < -0.39 is 0 Å². The number of piperazine rings is 1. The summed E-state index contributed by atoms with van der Waals surface area (Å²) in [7, 11) is 0. The Labute approximate surface area is 129 Å². The summed E-state index contributed by atoms with van der Waals surface area (Å²) in [5.74, 6) is 0. The molecule has 2 unspecified atom stereocenters. The number of hydrogen-bond donors (Lipinski definition) is 1. The molecule has 0 spiro atoms. The van der Waals surface area contributed by atoms with Gasteiger partial charge in [-0.25, -0.2) is 0 Å². The Morgan fingerprint density at radius 1 is 1.19 bits per heavy atom. The minimum absolute atomic E-state index is 0.153. The van der Waals surface area contributed by atoms with Gasteiger partial charge in [0.25, 0.3) is 0 Å². The van der Waals surface area contributed by atoms with E-state index in [0.29, 0.717) is 6.04 Å². The summed E-state index contributed by atoms with van der Waals surface area (Å²) in [6.45, 7) is 7.03. The molecular weight excluding hydrogens is 256 g/mol. The molecule has 2 nitrogen and oxygen atoms in total. The van der Waals surface area contributed by atoms with E-state index in [2.05, 4.69) is 54.4 Å². The summed E-state index contributed by atoms with van der Waals surface area (Å²) < 4.78 is 0. The van der Waals surface area contributed by atoms with Crippen molar-refractivity contribution < 1.29 is 0 Å². The van der Waals surface area contributed by atoms with Gasteiger partial charge in [0.2, 0.25) is 0 Å². The predicted molar refractivity (Wildman–Crippen MR) is 89.5 cm³/mol. The first-order chi connectivity index (χ1) is 10.2. The Hall–Kier alpha value is -0.860. The van der Waals surface area contributed by atoms with E-state index >= 15 is 0 Å². The average Bonchev–Trinajstić information content (AvgIpc) is 3.04. The maximum Gasteiger partial charge on any atom is 0.0560 e. The SMILES string of the molecule is CCCC1CN(C2CCCC2)C(C)(c2ccccc2)CN1. The van der Waals surface area contributed by atoms with Crippen molar-refractivity contribution in [3.63, 3.8) is 0 Å². The van der Waals surface area contributed by atoms with Crippen molar-refractivity contribution in [2.75, 3.05) is 13.1 Å². The number of hydrogen-bond acceptors (Lipinski definition) is 2. The van der Waals surface area contributed by atoms with Crippen LogP contribution in [0.15, 0.2) is 30.3 Å². The van der Waals surface area contributed by atoms with Crippen molar-refractivity contribution >= 4 is 0 Å². The lowest BCUT2D eigenvalue weighted by Crippen LogP contribution is -2.63. The Kier molecular flexibility index (Phi) is 4.66. The van der Waals surface area contributed by atoms with Crippen LogP contribution in [0.25, 0.3) is 0 Å². The molecule has 1 aliphatic carbocycles. The van der Waals surface area contributed by atoms with Crippen LogP contribution in [0.1, 0.15) is 57.9 Å². The van der Waals surface area contributed by atoms with Crippen molar-refractivity contribution in [3.8, 4) is 0 Å². The Balaban J connectivity index is 1.86. The molecule has 2 atom stereocenters. The van der Waals surface area contributed by atoms with Crippen molar-refractivity contribution in [2.24, 2.45) is 0 Å². The van der Waals surface area contributed by atoms with E-state index in [1.807, 2.05) is 0 Å². The van der Waals surface area contributed by atoms with Gasteiger partial charge in [0.15, 0.2) is 0 Å². The maximum atomic E-state index is 3.82. The Bertz CT molecular complexity index is 438.